The van der Waals surface area contributed by atoms with Gasteiger partial charge in [0.25, 0.3) is 0 Å². The zero-order chi connectivity index (χ0) is 27.1. The summed E-state index contributed by atoms with van der Waals surface area (Å²) in [7, 11) is 0. The molecule has 2 N–H and O–H groups in total. The Kier molecular flexibility index (Phi) is 8.81. The van der Waals surface area contributed by atoms with Crippen molar-refractivity contribution < 1.29 is 19.1 Å². The number of carbonyl (C=O) groups is 3. The molecule has 0 bridgehead atoms. The quantitative estimate of drug-likeness (QED) is 0.431. The van der Waals surface area contributed by atoms with E-state index in [-0.39, 0.29) is 24.5 Å². The van der Waals surface area contributed by atoms with Crippen molar-refractivity contribution >= 4 is 17.9 Å². The summed E-state index contributed by atoms with van der Waals surface area (Å²) >= 11 is 0. The number of amides is 3. The highest BCUT2D eigenvalue weighted by molar-refractivity contribution is 6.00. The molecule has 208 valence electrons. The minimum absolute atomic E-state index is 0.0179. The second-order valence-corrected chi connectivity index (χ2v) is 11.1. The van der Waals surface area contributed by atoms with Gasteiger partial charge in [-0.05, 0) is 62.5 Å². The predicted molar refractivity (Wildman–Crippen MR) is 149 cm³/mol. The molecule has 3 aliphatic rings. The summed E-state index contributed by atoms with van der Waals surface area (Å²) in [6.07, 6.45) is 5.92. The Morgan fingerprint density at radius 3 is 2.28 bits per heavy atom. The predicted octanol–water partition coefficient (Wildman–Crippen LogP) is 3.65. The van der Waals surface area contributed by atoms with Crippen LogP contribution in [0, 0.1) is 0 Å². The maximum Gasteiger partial charge on any atom is 0.407 e. The van der Waals surface area contributed by atoms with Crippen LogP contribution in [-0.2, 0) is 27.4 Å². The Morgan fingerprint density at radius 1 is 0.949 bits per heavy atom. The van der Waals surface area contributed by atoms with Gasteiger partial charge in [0.2, 0.25) is 11.8 Å². The number of ether oxygens (including phenoxy) is 1. The van der Waals surface area contributed by atoms with E-state index in [2.05, 4.69) is 39.8 Å². The number of hydrogen-bond donors (Lipinski definition) is 2. The summed E-state index contributed by atoms with van der Waals surface area (Å²) in [5.74, 6) is 0.0920. The number of carbonyl (C=O) groups excluding carboxylic acids is 3. The van der Waals surface area contributed by atoms with Crippen LogP contribution in [0.3, 0.4) is 0 Å². The lowest BCUT2D eigenvalue weighted by atomic mass is 9.81. The van der Waals surface area contributed by atoms with Gasteiger partial charge in [-0.3, -0.25) is 9.59 Å². The Bertz CT molecular complexity index is 1110. The molecule has 2 saturated heterocycles. The van der Waals surface area contributed by atoms with Crippen LogP contribution in [0.1, 0.15) is 56.1 Å². The number of nitrogens with one attached hydrogen (secondary N) is 2. The lowest BCUT2D eigenvalue weighted by Crippen LogP contribution is -2.73. The fourth-order valence-electron chi connectivity index (χ4n) is 5.88. The summed E-state index contributed by atoms with van der Waals surface area (Å²) in [5.41, 5.74) is 1.56. The van der Waals surface area contributed by atoms with E-state index in [1.165, 1.54) is 5.56 Å². The lowest BCUT2D eigenvalue weighted by molar-refractivity contribution is -0.162. The Morgan fingerprint density at radius 2 is 1.62 bits per heavy atom. The second kappa shape index (κ2) is 12.6. The van der Waals surface area contributed by atoms with Crippen molar-refractivity contribution in [2.45, 2.75) is 75.6 Å². The van der Waals surface area contributed by atoms with Crippen LogP contribution in [0.4, 0.5) is 4.79 Å². The molecule has 5 rings (SSSR count). The van der Waals surface area contributed by atoms with Crippen LogP contribution in [0.25, 0.3) is 0 Å². The number of piperidine rings is 1. The number of rotatable bonds is 11. The fourth-order valence-corrected chi connectivity index (χ4v) is 5.88. The first-order chi connectivity index (χ1) is 19.0. The van der Waals surface area contributed by atoms with Crippen molar-refractivity contribution in [2.24, 2.45) is 0 Å². The van der Waals surface area contributed by atoms with Gasteiger partial charge in [0.1, 0.15) is 18.2 Å². The topological polar surface area (TPSA) is 91.0 Å². The van der Waals surface area contributed by atoms with Crippen molar-refractivity contribution in [3.05, 3.63) is 71.8 Å². The molecule has 2 aromatic rings. The summed E-state index contributed by atoms with van der Waals surface area (Å²) in [6, 6.07) is 19.8. The maximum absolute atomic E-state index is 13.6. The number of nitrogens with zero attached hydrogens (tertiary/aromatic N) is 2. The molecule has 1 aliphatic carbocycles. The zero-order valence-corrected chi connectivity index (χ0v) is 22.6. The molecular weight excluding hydrogens is 492 g/mol. The van der Waals surface area contributed by atoms with E-state index in [4.69, 9.17) is 4.74 Å². The Balaban J connectivity index is 1.06. The summed E-state index contributed by atoms with van der Waals surface area (Å²) < 4.78 is 5.24. The molecule has 1 saturated carbocycles. The maximum atomic E-state index is 13.6. The molecule has 2 aromatic carbocycles. The van der Waals surface area contributed by atoms with Gasteiger partial charge in [-0.15, -0.1) is 0 Å². The average molecular weight is 533 g/mol. The second-order valence-electron chi connectivity index (χ2n) is 11.1. The standard InChI is InChI=1S/C31H40N4O4/c36-28-27(13-7-8-19-32-30(38)39-23-25-11-5-2-6-12-25)33-29(37)31(35(28)26-14-15-26)17-21-34(22-18-31)20-16-24-9-3-1-4-10-24/h1-6,9-12,26-27H,7-8,13-23H2,(H,32,38)(H,33,37)/t27-/m0/s1. The van der Waals surface area contributed by atoms with Crippen molar-refractivity contribution in [1.82, 2.24) is 20.4 Å². The van der Waals surface area contributed by atoms with E-state index in [0.717, 1.165) is 50.9 Å². The highest BCUT2D eigenvalue weighted by atomic mass is 16.5. The summed E-state index contributed by atoms with van der Waals surface area (Å²) in [5, 5.41) is 5.86. The van der Waals surface area contributed by atoms with Gasteiger partial charge in [-0.2, -0.15) is 0 Å². The molecule has 2 heterocycles. The first-order valence-corrected chi connectivity index (χ1v) is 14.4. The van der Waals surface area contributed by atoms with Crippen molar-refractivity contribution in [3.8, 4) is 0 Å². The monoisotopic (exact) mass is 532 g/mol. The van der Waals surface area contributed by atoms with E-state index in [0.29, 0.717) is 32.2 Å². The molecule has 1 atom stereocenters. The van der Waals surface area contributed by atoms with Gasteiger partial charge in [-0.1, -0.05) is 60.7 Å². The Hall–Kier alpha value is -3.39. The van der Waals surface area contributed by atoms with Crippen LogP contribution >= 0.6 is 0 Å². The van der Waals surface area contributed by atoms with Gasteiger partial charge in [0.15, 0.2) is 0 Å². The van der Waals surface area contributed by atoms with Crippen LogP contribution in [-0.4, -0.2) is 71.5 Å². The molecule has 8 nitrogen and oxygen atoms in total. The molecule has 1 spiro atoms. The van der Waals surface area contributed by atoms with Crippen LogP contribution in [0.2, 0.25) is 0 Å². The molecule has 3 fully saturated rings. The number of hydrogen-bond acceptors (Lipinski definition) is 5. The van der Waals surface area contributed by atoms with Gasteiger partial charge in [0.05, 0.1) is 0 Å². The third-order valence-corrected chi connectivity index (χ3v) is 8.28. The summed E-state index contributed by atoms with van der Waals surface area (Å²) in [6.45, 7) is 3.33. The van der Waals surface area contributed by atoms with Crippen molar-refractivity contribution in [2.75, 3.05) is 26.2 Å². The van der Waals surface area contributed by atoms with E-state index >= 15 is 0 Å². The first kappa shape index (κ1) is 27.2. The van der Waals surface area contributed by atoms with E-state index < -0.39 is 17.7 Å². The average Bonchev–Trinajstić information content (AvgIpc) is 3.80. The van der Waals surface area contributed by atoms with E-state index in [1.807, 2.05) is 41.3 Å². The lowest BCUT2D eigenvalue weighted by Gasteiger charge is -2.52. The number of piperazine rings is 1. The summed E-state index contributed by atoms with van der Waals surface area (Å²) in [4.78, 5) is 43.5. The van der Waals surface area contributed by atoms with Crippen LogP contribution < -0.4 is 10.6 Å². The highest BCUT2D eigenvalue weighted by Gasteiger charge is 2.57. The van der Waals surface area contributed by atoms with E-state index in [9.17, 15) is 14.4 Å². The normalized spacial score (nSPS) is 21.0. The molecule has 0 radical (unpaired) electrons. The van der Waals surface area contributed by atoms with Crippen LogP contribution in [0.15, 0.2) is 60.7 Å². The van der Waals surface area contributed by atoms with Crippen molar-refractivity contribution in [3.63, 3.8) is 0 Å². The molecule has 0 aromatic heterocycles. The SMILES string of the molecule is O=C(NCCCC[C@@H]1NC(=O)C2(CCN(CCc3ccccc3)CC2)N(C2CC2)C1=O)OCc1ccccc1. The molecule has 39 heavy (non-hydrogen) atoms. The third kappa shape index (κ3) is 6.79. The minimum Gasteiger partial charge on any atom is -0.445 e. The first-order valence-electron chi connectivity index (χ1n) is 14.4. The minimum atomic E-state index is -0.706. The van der Waals surface area contributed by atoms with E-state index in [1.54, 1.807) is 0 Å². The zero-order valence-electron chi connectivity index (χ0n) is 22.6. The van der Waals surface area contributed by atoms with Crippen LogP contribution in [0.5, 0.6) is 0 Å². The molecule has 2 aliphatic heterocycles. The van der Waals surface area contributed by atoms with Gasteiger partial charge >= 0.3 is 6.09 Å². The number of unbranched alkanes of at least 4 members (excludes halogenated alkanes) is 1. The van der Waals surface area contributed by atoms with Crippen molar-refractivity contribution in [1.29, 1.82) is 0 Å². The number of likely N-dealkylation sites (tertiary alicyclic amines) is 1. The van der Waals surface area contributed by atoms with Gasteiger partial charge in [-0.25, -0.2) is 4.79 Å². The fraction of sp³-hybridized carbons (Fsp3) is 0.516. The molecule has 3 amide bonds. The largest absolute Gasteiger partial charge is 0.445 e. The molecule has 0 unspecified atom stereocenters. The Labute approximate surface area is 231 Å². The third-order valence-electron chi connectivity index (χ3n) is 8.28. The number of benzene rings is 2. The smallest absolute Gasteiger partial charge is 0.407 e. The molecular formula is C31H40N4O4. The van der Waals surface area contributed by atoms with Gasteiger partial charge in [0, 0.05) is 32.2 Å². The molecule has 8 heteroatoms. The highest BCUT2D eigenvalue weighted by Crippen LogP contribution is 2.41. The van der Waals surface area contributed by atoms with Gasteiger partial charge < -0.3 is 25.2 Å². The number of alkyl carbamates (subject to hydrolysis) is 1.